The van der Waals surface area contributed by atoms with Crippen molar-refractivity contribution in [3.8, 4) is 0 Å². The van der Waals surface area contributed by atoms with Gasteiger partial charge in [0, 0.05) is 5.56 Å². The molecule has 0 heterocycles. The van der Waals surface area contributed by atoms with E-state index < -0.39 is 5.97 Å². The number of hydrogen-bond acceptors (Lipinski definition) is 2. The van der Waals surface area contributed by atoms with E-state index >= 15 is 0 Å². The Morgan fingerprint density at radius 2 is 2.07 bits per heavy atom. The first-order chi connectivity index (χ1) is 6.57. The van der Waals surface area contributed by atoms with Gasteiger partial charge in [0.2, 0.25) is 0 Å². The minimum absolute atomic E-state index is 0.241. The summed E-state index contributed by atoms with van der Waals surface area (Å²) in [5.41, 5.74) is 7.13. The highest BCUT2D eigenvalue weighted by atomic mass is 32.1. The molecule has 3 nitrogen and oxygen atoms in total. The zero-order chi connectivity index (χ0) is 10.7. The van der Waals surface area contributed by atoms with Crippen LogP contribution in [0.3, 0.4) is 0 Å². The van der Waals surface area contributed by atoms with E-state index in [1.807, 2.05) is 6.92 Å². The minimum Gasteiger partial charge on any atom is -0.478 e. The Morgan fingerprint density at radius 3 is 2.50 bits per heavy atom. The van der Waals surface area contributed by atoms with Crippen LogP contribution in [-0.4, -0.2) is 16.1 Å². The SMILES string of the molecule is CCc1c(C(=O)O)cccc1C(N)=S. The number of carbonyl (C=O) groups is 1. The molecule has 0 unspecified atom stereocenters. The minimum atomic E-state index is -0.944. The van der Waals surface area contributed by atoms with Crippen molar-refractivity contribution in [1.29, 1.82) is 0 Å². The smallest absolute Gasteiger partial charge is 0.335 e. The molecule has 0 bridgehead atoms. The van der Waals surface area contributed by atoms with Gasteiger partial charge in [-0.05, 0) is 18.1 Å². The molecule has 0 aliphatic heterocycles. The van der Waals surface area contributed by atoms with Gasteiger partial charge >= 0.3 is 5.97 Å². The van der Waals surface area contributed by atoms with Gasteiger partial charge < -0.3 is 10.8 Å². The Kier molecular flexibility index (Phi) is 3.19. The van der Waals surface area contributed by atoms with E-state index in [0.717, 1.165) is 0 Å². The molecular formula is C10H11NO2S. The Labute approximate surface area is 87.5 Å². The fourth-order valence-corrected chi connectivity index (χ4v) is 1.59. The van der Waals surface area contributed by atoms with Crippen molar-refractivity contribution < 1.29 is 9.90 Å². The molecule has 14 heavy (non-hydrogen) atoms. The van der Waals surface area contributed by atoms with Gasteiger partial charge in [-0.3, -0.25) is 0 Å². The van der Waals surface area contributed by atoms with Crippen LogP contribution in [0.25, 0.3) is 0 Å². The second-order valence-corrected chi connectivity index (χ2v) is 3.29. The lowest BCUT2D eigenvalue weighted by Gasteiger charge is -2.08. The molecular weight excluding hydrogens is 198 g/mol. The van der Waals surface area contributed by atoms with Crippen LogP contribution in [0.4, 0.5) is 0 Å². The number of carboxylic acids is 1. The summed E-state index contributed by atoms with van der Waals surface area (Å²) < 4.78 is 0. The summed E-state index contributed by atoms with van der Waals surface area (Å²) in [7, 11) is 0. The number of carboxylic acid groups (broad SMARTS) is 1. The highest BCUT2D eigenvalue weighted by Gasteiger charge is 2.13. The molecule has 0 aliphatic carbocycles. The maximum absolute atomic E-state index is 10.9. The molecule has 74 valence electrons. The van der Waals surface area contributed by atoms with Gasteiger partial charge in [-0.2, -0.15) is 0 Å². The Hall–Kier alpha value is -1.42. The molecule has 0 aromatic heterocycles. The third kappa shape index (κ3) is 1.90. The van der Waals surface area contributed by atoms with Crippen molar-refractivity contribution in [3.63, 3.8) is 0 Å². The predicted octanol–water partition coefficient (Wildman–Crippen LogP) is 1.58. The molecule has 0 spiro atoms. The average molecular weight is 209 g/mol. The van der Waals surface area contributed by atoms with Crippen LogP contribution in [-0.2, 0) is 6.42 Å². The fourth-order valence-electron chi connectivity index (χ4n) is 1.40. The number of hydrogen-bond donors (Lipinski definition) is 2. The molecule has 0 atom stereocenters. The van der Waals surface area contributed by atoms with Gasteiger partial charge in [0.1, 0.15) is 4.99 Å². The summed E-state index contributed by atoms with van der Waals surface area (Å²) in [4.78, 5) is 11.1. The fraction of sp³-hybridized carbons (Fsp3) is 0.200. The Bertz CT molecular complexity index is 355. The van der Waals surface area contributed by atoms with Crippen LogP contribution in [0, 0.1) is 0 Å². The number of thiocarbonyl (C=S) groups is 1. The van der Waals surface area contributed by atoms with Gasteiger partial charge in [-0.1, -0.05) is 31.3 Å². The molecule has 0 fully saturated rings. The largest absolute Gasteiger partial charge is 0.478 e. The van der Waals surface area contributed by atoms with Crippen molar-refractivity contribution in [2.24, 2.45) is 5.73 Å². The molecule has 1 rings (SSSR count). The topological polar surface area (TPSA) is 63.3 Å². The van der Waals surface area contributed by atoms with Crippen molar-refractivity contribution in [1.82, 2.24) is 0 Å². The van der Waals surface area contributed by atoms with Gasteiger partial charge in [0.05, 0.1) is 5.56 Å². The molecule has 0 radical (unpaired) electrons. The molecule has 0 saturated heterocycles. The van der Waals surface area contributed by atoms with Gasteiger partial charge in [0.15, 0.2) is 0 Å². The van der Waals surface area contributed by atoms with Gasteiger partial charge in [-0.25, -0.2) is 4.79 Å². The lowest BCUT2D eigenvalue weighted by Crippen LogP contribution is -2.15. The van der Waals surface area contributed by atoms with Crippen LogP contribution in [0.15, 0.2) is 18.2 Å². The summed E-state index contributed by atoms with van der Waals surface area (Å²) >= 11 is 4.85. The predicted molar refractivity (Wildman–Crippen MR) is 58.7 cm³/mol. The van der Waals surface area contributed by atoms with Crippen molar-refractivity contribution in [2.45, 2.75) is 13.3 Å². The molecule has 4 heteroatoms. The Morgan fingerprint density at radius 1 is 1.50 bits per heavy atom. The lowest BCUT2D eigenvalue weighted by molar-refractivity contribution is 0.0695. The number of rotatable bonds is 3. The first-order valence-electron chi connectivity index (χ1n) is 4.23. The summed E-state index contributed by atoms with van der Waals surface area (Å²) in [5, 5.41) is 8.92. The average Bonchev–Trinajstić information content (AvgIpc) is 2.16. The molecule has 0 amide bonds. The first kappa shape index (κ1) is 10.7. The van der Waals surface area contributed by atoms with Crippen LogP contribution in [0.1, 0.15) is 28.4 Å². The standard InChI is InChI=1S/C10H11NO2S/c1-2-6-7(9(11)14)4-3-5-8(6)10(12)13/h3-5H,2H2,1H3,(H2,11,14)(H,12,13). The van der Waals surface area contributed by atoms with Crippen molar-refractivity contribution in [2.75, 3.05) is 0 Å². The van der Waals surface area contributed by atoms with E-state index in [1.165, 1.54) is 0 Å². The van der Waals surface area contributed by atoms with E-state index in [0.29, 0.717) is 17.5 Å². The highest BCUT2D eigenvalue weighted by molar-refractivity contribution is 7.80. The normalized spacial score (nSPS) is 9.79. The number of aromatic carboxylic acids is 1. The number of benzene rings is 1. The summed E-state index contributed by atoms with van der Waals surface area (Å²) in [6.07, 6.45) is 0.606. The van der Waals surface area contributed by atoms with Crippen LogP contribution >= 0.6 is 12.2 Å². The highest BCUT2D eigenvalue weighted by Crippen LogP contribution is 2.15. The zero-order valence-electron chi connectivity index (χ0n) is 7.78. The van der Waals surface area contributed by atoms with E-state index in [4.69, 9.17) is 23.1 Å². The van der Waals surface area contributed by atoms with Crippen molar-refractivity contribution >= 4 is 23.2 Å². The molecule has 1 aromatic rings. The quantitative estimate of drug-likeness (QED) is 0.742. The maximum Gasteiger partial charge on any atom is 0.335 e. The van der Waals surface area contributed by atoms with E-state index in [9.17, 15) is 4.79 Å². The molecule has 0 saturated carbocycles. The first-order valence-corrected chi connectivity index (χ1v) is 4.63. The molecule has 0 aliphatic rings. The monoisotopic (exact) mass is 209 g/mol. The van der Waals surface area contributed by atoms with E-state index in [1.54, 1.807) is 18.2 Å². The molecule has 1 aromatic carbocycles. The lowest BCUT2D eigenvalue weighted by atomic mass is 9.99. The van der Waals surface area contributed by atoms with Crippen LogP contribution in [0.2, 0.25) is 0 Å². The third-order valence-corrected chi connectivity index (χ3v) is 2.25. The van der Waals surface area contributed by atoms with Crippen LogP contribution < -0.4 is 5.73 Å². The van der Waals surface area contributed by atoms with Crippen LogP contribution in [0.5, 0.6) is 0 Å². The summed E-state index contributed by atoms with van der Waals surface area (Å²) in [6, 6.07) is 4.95. The zero-order valence-corrected chi connectivity index (χ0v) is 8.60. The second kappa shape index (κ2) is 4.19. The summed E-state index contributed by atoms with van der Waals surface area (Å²) in [6.45, 7) is 1.88. The van der Waals surface area contributed by atoms with E-state index in [2.05, 4.69) is 0 Å². The van der Waals surface area contributed by atoms with Gasteiger partial charge in [0.25, 0.3) is 0 Å². The van der Waals surface area contributed by atoms with E-state index in [-0.39, 0.29) is 10.6 Å². The second-order valence-electron chi connectivity index (χ2n) is 2.85. The summed E-state index contributed by atoms with van der Waals surface area (Å²) in [5.74, 6) is -0.944. The molecule has 3 N–H and O–H groups in total. The third-order valence-electron chi connectivity index (χ3n) is 2.03. The van der Waals surface area contributed by atoms with Crippen molar-refractivity contribution in [3.05, 3.63) is 34.9 Å². The Balaban J connectivity index is 3.39. The number of nitrogens with two attached hydrogens (primary N) is 1. The maximum atomic E-state index is 10.9. The van der Waals surface area contributed by atoms with Gasteiger partial charge in [-0.15, -0.1) is 0 Å².